The van der Waals surface area contributed by atoms with E-state index in [1.54, 1.807) is 17.0 Å². The van der Waals surface area contributed by atoms with Crippen LogP contribution in [0, 0.1) is 5.82 Å². The van der Waals surface area contributed by atoms with Gasteiger partial charge in [-0.2, -0.15) is 0 Å². The molecule has 0 aliphatic rings. The first-order chi connectivity index (χ1) is 12.7. The van der Waals surface area contributed by atoms with E-state index in [0.29, 0.717) is 21.7 Å². The number of anilines is 3. The normalized spacial score (nSPS) is 10.5. The molecule has 0 spiro atoms. The second-order valence-electron chi connectivity index (χ2n) is 5.27. The van der Waals surface area contributed by atoms with Crippen molar-refractivity contribution in [2.75, 3.05) is 22.5 Å². The summed E-state index contributed by atoms with van der Waals surface area (Å²) >= 11 is 2.74. The smallest absolute Gasteiger partial charge is 0.237 e. The fourth-order valence-electron chi connectivity index (χ4n) is 2.29. The van der Waals surface area contributed by atoms with Crippen molar-refractivity contribution >= 4 is 45.5 Å². The lowest BCUT2D eigenvalue weighted by molar-refractivity contribution is -0.116. The minimum absolute atomic E-state index is 0.0584. The van der Waals surface area contributed by atoms with Crippen LogP contribution in [0.2, 0.25) is 0 Å². The molecule has 0 saturated carbocycles. The van der Waals surface area contributed by atoms with Crippen molar-refractivity contribution in [3.63, 3.8) is 0 Å². The summed E-state index contributed by atoms with van der Waals surface area (Å²) in [5.74, 6) is -0.138. The number of hydrogen-bond acceptors (Lipinski definition) is 6. The molecule has 5 nitrogen and oxygen atoms in total. The number of carbonyl (C=O) groups is 1. The average Bonchev–Trinajstić information content (AvgIpc) is 3.10. The largest absolute Gasteiger partial charge is 0.330 e. The van der Waals surface area contributed by atoms with E-state index in [9.17, 15) is 9.18 Å². The molecule has 1 aromatic heterocycles. The zero-order valence-electron chi connectivity index (χ0n) is 14.1. The van der Waals surface area contributed by atoms with Crippen molar-refractivity contribution < 1.29 is 9.18 Å². The molecular formula is C18H17FN4OS2. The second kappa shape index (κ2) is 8.77. The summed E-state index contributed by atoms with van der Waals surface area (Å²) in [5.41, 5.74) is 1.62. The zero-order chi connectivity index (χ0) is 18.4. The zero-order valence-corrected chi connectivity index (χ0v) is 15.7. The lowest BCUT2D eigenvalue weighted by Gasteiger charge is -2.20. The van der Waals surface area contributed by atoms with Crippen molar-refractivity contribution in [2.24, 2.45) is 0 Å². The van der Waals surface area contributed by atoms with Crippen molar-refractivity contribution in [3.8, 4) is 0 Å². The number of halogens is 1. The molecule has 0 fully saturated rings. The van der Waals surface area contributed by atoms with Gasteiger partial charge >= 0.3 is 0 Å². The van der Waals surface area contributed by atoms with Crippen LogP contribution in [0.5, 0.6) is 0 Å². The molecule has 0 saturated heterocycles. The summed E-state index contributed by atoms with van der Waals surface area (Å²) in [7, 11) is 0. The summed E-state index contributed by atoms with van der Waals surface area (Å²) in [5, 5.41) is 12.1. The molecule has 1 amide bonds. The SMILES string of the molecule is CCN(C(=O)CSc1nnc(Nc2ccccc2)s1)c1ccc(F)cc1. The van der Waals surface area contributed by atoms with Crippen LogP contribution in [-0.2, 0) is 4.79 Å². The van der Waals surface area contributed by atoms with Gasteiger partial charge in [0.25, 0.3) is 0 Å². The van der Waals surface area contributed by atoms with Gasteiger partial charge in [0.2, 0.25) is 11.0 Å². The third-order valence-electron chi connectivity index (χ3n) is 3.51. The minimum Gasteiger partial charge on any atom is -0.330 e. The van der Waals surface area contributed by atoms with Gasteiger partial charge in [-0.05, 0) is 43.3 Å². The monoisotopic (exact) mass is 388 g/mol. The van der Waals surface area contributed by atoms with Crippen LogP contribution in [0.25, 0.3) is 0 Å². The first-order valence-electron chi connectivity index (χ1n) is 8.00. The predicted molar refractivity (Wildman–Crippen MR) is 105 cm³/mol. The maximum absolute atomic E-state index is 13.1. The van der Waals surface area contributed by atoms with Gasteiger partial charge in [-0.3, -0.25) is 4.79 Å². The fraction of sp³-hybridized carbons (Fsp3) is 0.167. The van der Waals surface area contributed by atoms with Gasteiger partial charge in [0.1, 0.15) is 5.82 Å². The van der Waals surface area contributed by atoms with E-state index in [4.69, 9.17) is 0 Å². The third-order valence-corrected chi connectivity index (χ3v) is 5.46. The molecule has 2 aromatic carbocycles. The highest BCUT2D eigenvalue weighted by Crippen LogP contribution is 2.28. The van der Waals surface area contributed by atoms with E-state index in [2.05, 4.69) is 15.5 Å². The number of rotatable bonds is 7. The lowest BCUT2D eigenvalue weighted by atomic mass is 10.3. The van der Waals surface area contributed by atoms with E-state index >= 15 is 0 Å². The highest BCUT2D eigenvalue weighted by molar-refractivity contribution is 8.01. The molecule has 0 bridgehead atoms. The minimum atomic E-state index is -0.320. The molecule has 1 heterocycles. The summed E-state index contributed by atoms with van der Waals surface area (Å²) in [6.07, 6.45) is 0. The fourth-order valence-corrected chi connectivity index (χ4v) is 3.94. The molecule has 134 valence electrons. The van der Waals surface area contributed by atoms with Gasteiger partial charge in [-0.15, -0.1) is 10.2 Å². The Hall–Kier alpha value is -2.45. The molecule has 3 aromatic rings. The number of nitrogens with zero attached hydrogens (tertiary/aromatic N) is 3. The summed E-state index contributed by atoms with van der Waals surface area (Å²) < 4.78 is 13.8. The van der Waals surface area contributed by atoms with E-state index in [1.165, 1.54) is 35.2 Å². The molecule has 0 aliphatic carbocycles. The predicted octanol–water partition coefficient (Wildman–Crippen LogP) is 4.57. The molecule has 3 rings (SSSR count). The van der Waals surface area contributed by atoms with Crippen molar-refractivity contribution in [1.29, 1.82) is 0 Å². The number of thioether (sulfide) groups is 1. The van der Waals surface area contributed by atoms with Crippen LogP contribution in [0.4, 0.5) is 20.9 Å². The number of carbonyl (C=O) groups excluding carboxylic acids is 1. The maximum atomic E-state index is 13.1. The van der Waals surface area contributed by atoms with Gasteiger partial charge < -0.3 is 10.2 Å². The van der Waals surface area contributed by atoms with E-state index in [0.717, 1.165) is 5.69 Å². The van der Waals surface area contributed by atoms with Crippen LogP contribution in [-0.4, -0.2) is 28.4 Å². The van der Waals surface area contributed by atoms with E-state index in [-0.39, 0.29) is 17.5 Å². The van der Waals surface area contributed by atoms with Gasteiger partial charge in [-0.25, -0.2) is 4.39 Å². The highest BCUT2D eigenvalue weighted by atomic mass is 32.2. The van der Waals surface area contributed by atoms with Crippen molar-refractivity contribution in [3.05, 3.63) is 60.4 Å². The Labute approximate surface area is 159 Å². The molecule has 26 heavy (non-hydrogen) atoms. The number of aromatic nitrogens is 2. The van der Waals surface area contributed by atoms with Crippen molar-refractivity contribution in [2.45, 2.75) is 11.3 Å². The summed E-state index contributed by atoms with van der Waals surface area (Å²) in [6.45, 7) is 2.40. The molecule has 0 aliphatic heterocycles. The van der Waals surface area contributed by atoms with Crippen molar-refractivity contribution in [1.82, 2.24) is 10.2 Å². The van der Waals surface area contributed by atoms with E-state index < -0.39 is 0 Å². The van der Waals surface area contributed by atoms with Crippen LogP contribution < -0.4 is 10.2 Å². The molecule has 0 unspecified atom stereocenters. The Morgan fingerprint density at radius 3 is 2.58 bits per heavy atom. The standard InChI is InChI=1S/C18H17FN4OS2/c1-2-23(15-10-8-13(19)9-11-15)16(24)12-25-18-22-21-17(26-18)20-14-6-4-3-5-7-14/h3-11H,2,12H2,1H3,(H,20,21). The Morgan fingerprint density at radius 1 is 1.15 bits per heavy atom. The first-order valence-corrected chi connectivity index (χ1v) is 9.80. The number of amides is 1. The Morgan fingerprint density at radius 2 is 1.88 bits per heavy atom. The Kier molecular flexibility index (Phi) is 6.19. The van der Waals surface area contributed by atoms with Gasteiger partial charge in [-0.1, -0.05) is 41.3 Å². The Bertz CT molecular complexity index is 855. The van der Waals surface area contributed by atoms with E-state index in [1.807, 2.05) is 37.3 Å². The van der Waals surface area contributed by atoms with Gasteiger partial charge in [0.15, 0.2) is 4.34 Å². The molecule has 1 N–H and O–H groups in total. The average molecular weight is 388 g/mol. The molecule has 8 heteroatoms. The maximum Gasteiger partial charge on any atom is 0.237 e. The molecular weight excluding hydrogens is 371 g/mol. The third kappa shape index (κ3) is 4.80. The van der Waals surface area contributed by atoms with Crippen LogP contribution in [0.3, 0.4) is 0 Å². The van der Waals surface area contributed by atoms with Crippen LogP contribution in [0.1, 0.15) is 6.92 Å². The summed E-state index contributed by atoms with van der Waals surface area (Å²) in [4.78, 5) is 14.1. The van der Waals surface area contributed by atoms with Crippen LogP contribution >= 0.6 is 23.1 Å². The molecule has 0 radical (unpaired) electrons. The number of hydrogen-bond donors (Lipinski definition) is 1. The Balaban J connectivity index is 1.58. The second-order valence-corrected chi connectivity index (χ2v) is 7.47. The number of para-hydroxylation sites is 1. The molecule has 0 atom stereocenters. The summed E-state index contributed by atoms with van der Waals surface area (Å²) in [6, 6.07) is 15.6. The first kappa shape index (κ1) is 18.3. The van der Waals surface area contributed by atoms with Crippen LogP contribution in [0.15, 0.2) is 58.9 Å². The van der Waals surface area contributed by atoms with Gasteiger partial charge in [0.05, 0.1) is 5.75 Å². The number of nitrogens with one attached hydrogen (secondary N) is 1. The number of benzene rings is 2. The topological polar surface area (TPSA) is 58.1 Å². The van der Waals surface area contributed by atoms with Gasteiger partial charge in [0, 0.05) is 17.9 Å². The lowest BCUT2D eigenvalue weighted by Crippen LogP contribution is -2.32. The highest BCUT2D eigenvalue weighted by Gasteiger charge is 2.15. The quantitative estimate of drug-likeness (QED) is 0.601.